The van der Waals surface area contributed by atoms with Crippen LogP contribution in [0.2, 0.25) is 0 Å². The number of benzene rings is 1. The van der Waals surface area contributed by atoms with Crippen LogP contribution < -0.4 is 10.6 Å². The maximum atomic E-state index is 12.2. The van der Waals surface area contributed by atoms with Crippen molar-refractivity contribution in [2.45, 2.75) is 26.3 Å². The van der Waals surface area contributed by atoms with Gasteiger partial charge in [0.25, 0.3) is 5.91 Å². The van der Waals surface area contributed by atoms with Gasteiger partial charge >= 0.3 is 0 Å². The monoisotopic (exact) mass is 399 g/mol. The van der Waals surface area contributed by atoms with Crippen LogP contribution in [0.15, 0.2) is 24.3 Å². The highest BCUT2D eigenvalue weighted by molar-refractivity contribution is 14.1. The molecular weight excluding hydrogens is 381 g/mol. The number of nitrogens with zero attached hydrogens (tertiary/aromatic N) is 1. The fourth-order valence-electron chi connectivity index (χ4n) is 1.80. The molecule has 1 atom stereocenters. The smallest absolute Gasteiger partial charge is 0.251 e. The van der Waals surface area contributed by atoms with E-state index in [1.54, 1.807) is 12.1 Å². The van der Waals surface area contributed by atoms with Crippen LogP contribution in [0.3, 0.4) is 0 Å². The second-order valence-electron chi connectivity index (χ2n) is 5.04. The van der Waals surface area contributed by atoms with Crippen LogP contribution in [-0.2, 0) is 4.79 Å². The molecule has 1 rings (SSSR count). The first-order chi connectivity index (χ1) is 9.93. The first kappa shape index (κ1) is 17.4. The third kappa shape index (κ3) is 6.12. The van der Waals surface area contributed by atoms with Crippen LogP contribution in [0.5, 0.6) is 0 Å². The predicted octanol–water partition coefficient (Wildman–Crippen LogP) is 2.08. The Kier molecular flexibility index (Phi) is 7.15. The molecule has 0 fully saturated rings. The summed E-state index contributed by atoms with van der Waals surface area (Å²) < 4.78 is 1.04. The average molecular weight is 399 g/mol. The fraction of sp³-hybridized carbons (Fsp3) is 0.400. The van der Waals surface area contributed by atoms with E-state index in [0.717, 1.165) is 3.57 Å². The van der Waals surface area contributed by atoms with E-state index in [2.05, 4.69) is 33.2 Å². The largest absolute Gasteiger partial charge is 0.341 e. The second kappa shape index (κ2) is 8.62. The molecule has 0 bridgehead atoms. The van der Waals surface area contributed by atoms with Crippen molar-refractivity contribution in [3.63, 3.8) is 0 Å². The van der Waals surface area contributed by atoms with Crippen molar-refractivity contribution in [1.29, 1.82) is 5.26 Å². The number of carbonyl (C=O) groups is 2. The molecule has 0 aliphatic carbocycles. The van der Waals surface area contributed by atoms with E-state index in [0.29, 0.717) is 12.0 Å². The van der Waals surface area contributed by atoms with Gasteiger partial charge in [-0.25, -0.2) is 0 Å². The topological polar surface area (TPSA) is 82.0 Å². The van der Waals surface area contributed by atoms with E-state index in [1.165, 1.54) is 0 Å². The fourth-order valence-corrected chi connectivity index (χ4v) is 2.16. The summed E-state index contributed by atoms with van der Waals surface area (Å²) in [5, 5.41) is 13.7. The van der Waals surface area contributed by atoms with Gasteiger partial charge in [0, 0.05) is 9.13 Å². The third-order valence-corrected chi connectivity index (χ3v) is 3.50. The lowest BCUT2D eigenvalue weighted by molar-refractivity contribution is -0.123. The van der Waals surface area contributed by atoms with Gasteiger partial charge in [-0.05, 0) is 59.2 Å². The van der Waals surface area contributed by atoms with Crippen LogP contribution >= 0.6 is 22.6 Å². The standard InChI is InChI=1S/C15H18IN3O2/c1-10(2)9-13(15(21)18-8-7-17)19-14(20)11-3-5-12(16)6-4-11/h3-6,10,13H,8-9H2,1-2H3,(H,18,21)(H,19,20)/t13-/m0/s1. The third-order valence-electron chi connectivity index (χ3n) is 2.78. The van der Waals surface area contributed by atoms with Crippen LogP contribution in [-0.4, -0.2) is 24.4 Å². The summed E-state index contributed by atoms with van der Waals surface area (Å²) in [5.41, 5.74) is 0.511. The molecule has 2 amide bonds. The Bertz CT molecular complexity index is 535. The zero-order valence-electron chi connectivity index (χ0n) is 12.0. The van der Waals surface area contributed by atoms with Crippen molar-refractivity contribution in [1.82, 2.24) is 10.6 Å². The molecule has 6 heteroatoms. The number of halogens is 1. The minimum atomic E-state index is -0.634. The molecule has 0 heterocycles. The summed E-state index contributed by atoms with van der Waals surface area (Å²) in [6.45, 7) is 3.88. The zero-order chi connectivity index (χ0) is 15.8. The summed E-state index contributed by atoms with van der Waals surface area (Å²) in [5.74, 6) is -0.367. The lowest BCUT2D eigenvalue weighted by Gasteiger charge is -2.19. The molecule has 0 saturated carbocycles. The van der Waals surface area contributed by atoms with Gasteiger partial charge in [-0.1, -0.05) is 13.8 Å². The Morgan fingerprint density at radius 2 is 1.90 bits per heavy atom. The molecule has 0 saturated heterocycles. The molecule has 0 aromatic heterocycles. The summed E-state index contributed by atoms with van der Waals surface area (Å²) >= 11 is 2.16. The molecule has 112 valence electrons. The molecule has 0 aliphatic rings. The number of carbonyl (C=O) groups excluding carboxylic acids is 2. The molecule has 0 spiro atoms. The quantitative estimate of drug-likeness (QED) is 0.568. The first-order valence-corrected chi connectivity index (χ1v) is 7.73. The number of hydrogen-bond donors (Lipinski definition) is 2. The molecule has 2 N–H and O–H groups in total. The number of rotatable bonds is 6. The lowest BCUT2D eigenvalue weighted by Crippen LogP contribution is -2.47. The minimum absolute atomic E-state index is 0.0627. The Morgan fingerprint density at radius 3 is 2.43 bits per heavy atom. The van der Waals surface area contributed by atoms with Gasteiger partial charge < -0.3 is 10.6 Å². The van der Waals surface area contributed by atoms with Crippen LogP contribution in [0.25, 0.3) is 0 Å². The summed E-state index contributed by atoms with van der Waals surface area (Å²) in [4.78, 5) is 24.1. The normalized spacial score (nSPS) is 11.6. The Labute approximate surface area is 138 Å². The van der Waals surface area contributed by atoms with E-state index in [-0.39, 0.29) is 24.3 Å². The van der Waals surface area contributed by atoms with Crippen LogP contribution in [0.1, 0.15) is 30.6 Å². The maximum Gasteiger partial charge on any atom is 0.251 e. The van der Waals surface area contributed by atoms with Gasteiger partial charge in [0.1, 0.15) is 12.6 Å². The van der Waals surface area contributed by atoms with Crippen molar-refractivity contribution in [2.75, 3.05) is 6.54 Å². The van der Waals surface area contributed by atoms with Gasteiger partial charge in [0.05, 0.1) is 6.07 Å². The van der Waals surface area contributed by atoms with Crippen molar-refractivity contribution in [2.24, 2.45) is 5.92 Å². The summed E-state index contributed by atoms with van der Waals surface area (Å²) in [6.07, 6.45) is 0.521. The van der Waals surface area contributed by atoms with E-state index >= 15 is 0 Å². The molecule has 5 nitrogen and oxygen atoms in total. The predicted molar refractivity (Wildman–Crippen MR) is 88.5 cm³/mol. The number of hydrogen-bond acceptors (Lipinski definition) is 3. The van der Waals surface area contributed by atoms with Crippen molar-refractivity contribution >= 4 is 34.4 Å². The highest BCUT2D eigenvalue weighted by Gasteiger charge is 2.22. The van der Waals surface area contributed by atoms with Crippen molar-refractivity contribution < 1.29 is 9.59 Å². The van der Waals surface area contributed by atoms with E-state index in [4.69, 9.17) is 5.26 Å². The number of nitrogens with one attached hydrogen (secondary N) is 2. The highest BCUT2D eigenvalue weighted by atomic mass is 127. The van der Waals surface area contributed by atoms with Gasteiger partial charge in [-0.15, -0.1) is 0 Å². The molecule has 0 unspecified atom stereocenters. The molecule has 0 radical (unpaired) electrons. The van der Waals surface area contributed by atoms with Crippen molar-refractivity contribution in [3.8, 4) is 6.07 Å². The summed E-state index contributed by atoms with van der Waals surface area (Å²) in [6, 6.07) is 8.33. The van der Waals surface area contributed by atoms with E-state index in [9.17, 15) is 9.59 Å². The Morgan fingerprint density at radius 1 is 1.29 bits per heavy atom. The van der Waals surface area contributed by atoms with Crippen LogP contribution in [0.4, 0.5) is 0 Å². The van der Waals surface area contributed by atoms with E-state index < -0.39 is 6.04 Å². The number of amides is 2. The van der Waals surface area contributed by atoms with Gasteiger partial charge in [0.2, 0.25) is 5.91 Å². The first-order valence-electron chi connectivity index (χ1n) is 6.65. The lowest BCUT2D eigenvalue weighted by atomic mass is 10.0. The zero-order valence-corrected chi connectivity index (χ0v) is 14.2. The average Bonchev–Trinajstić information content (AvgIpc) is 2.44. The maximum absolute atomic E-state index is 12.2. The van der Waals surface area contributed by atoms with Gasteiger partial charge in [0.15, 0.2) is 0 Å². The molecular formula is C15H18IN3O2. The van der Waals surface area contributed by atoms with Crippen LogP contribution in [0, 0.1) is 20.8 Å². The molecule has 1 aromatic rings. The van der Waals surface area contributed by atoms with Gasteiger partial charge in [-0.3, -0.25) is 9.59 Å². The van der Waals surface area contributed by atoms with E-state index in [1.807, 2.05) is 32.0 Å². The minimum Gasteiger partial charge on any atom is -0.341 e. The molecule has 1 aromatic carbocycles. The highest BCUT2D eigenvalue weighted by Crippen LogP contribution is 2.09. The Balaban J connectivity index is 2.75. The molecule has 21 heavy (non-hydrogen) atoms. The Hall–Kier alpha value is -1.62. The molecule has 0 aliphatic heterocycles. The van der Waals surface area contributed by atoms with Crippen molar-refractivity contribution in [3.05, 3.63) is 33.4 Å². The number of nitriles is 1. The van der Waals surface area contributed by atoms with Gasteiger partial charge in [-0.2, -0.15) is 5.26 Å². The second-order valence-corrected chi connectivity index (χ2v) is 6.28. The SMILES string of the molecule is CC(C)C[C@H](NC(=O)c1ccc(I)cc1)C(=O)NCC#N. The summed E-state index contributed by atoms with van der Waals surface area (Å²) in [7, 11) is 0.